The summed E-state index contributed by atoms with van der Waals surface area (Å²) in [5.74, 6) is -3.44. The number of aryl methyl sites for hydroxylation is 1. The number of rotatable bonds is 5. The van der Waals surface area contributed by atoms with Crippen molar-refractivity contribution in [1.82, 2.24) is 30.3 Å². The molecule has 4 heterocycles. The highest BCUT2D eigenvalue weighted by Gasteiger charge is 2.72. The molecule has 2 aromatic rings. The van der Waals surface area contributed by atoms with E-state index >= 15 is 0 Å². The van der Waals surface area contributed by atoms with Gasteiger partial charge < -0.3 is 10.2 Å². The van der Waals surface area contributed by atoms with Crippen LogP contribution in [0.1, 0.15) is 41.5 Å². The smallest absolute Gasteiger partial charge is 0.273 e. The van der Waals surface area contributed by atoms with Crippen LogP contribution in [0.2, 0.25) is 0 Å². The summed E-state index contributed by atoms with van der Waals surface area (Å²) >= 11 is 0. The molecule has 2 unspecified atom stereocenters. The van der Waals surface area contributed by atoms with E-state index in [1.807, 2.05) is 18.7 Å². The van der Waals surface area contributed by atoms with Crippen LogP contribution in [-0.2, 0) is 6.54 Å². The van der Waals surface area contributed by atoms with Crippen LogP contribution in [0.3, 0.4) is 0 Å². The molecule has 2 fully saturated rings. The number of anilines is 1. The van der Waals surface area contributed by atoms with Crippen LogP contribution in [0.25, 0.3) is 0 Å². The normalized spacial score (nSPS) is 27.0. The maximum Gasteiger partial charge on any atom is 0.273 e. The lowest BCUT2D eigenvalue weighted by Crippen LogP contribution is -2.35. The number of aromatic nitrogens is 5. The Labute approximate surface area is 189 Å². The minimum absolute atomic E-state index is 0.00128. The van der Waals surface area contributed by atoms with Crippen molar-refractivity contribution in [3.8, 4) is 0 Å². The zero-order chi connectivity index (χ0) is 22.9. The number of nitrogens with zero attached hydrogens (tertiary/aromatic N) is 7. The lowest BCUT2D eigenvalue weighted by Gasteiger charge is -2.20. The highest BCUT2D eigenvalue weighted by molar-refractivity contribution is 6.02. The fraction of sp³-hybridized carbons (Fsp3) is 0.545. The average Bonchev–Trinajstić information content (AvgIpc) is 3.41. The molecule has 0 aromatic carbocycles. The molecule has 6 rings (SSSR count). The topological polar surface area (TPSA) is 101 Å². The third-order valence-corrected chi connectivity index (χ3v) is 7.37. The zero-order valence-corrected chi connectivity index (χ0v) is 18.4. The molecular formula is C22H24F2N8O. The van der Waals surface area contributed by atoms with Crippen molar-refractivity contribution in [3.63, 3.8) is 0 Å². The van der Waals surface area contributed by atoms with Gasteiger partial charge in [0.05, 0.1) is 37.2 Å². The SMILES string of the molecule is CC1=NCC2=C1CC[C@H]2NC(=O)c1cn(Cc2cnc(N3CC4C(C3)C4(F)F)nc2C)nn1. The Bertz CT molecular complexity index is 1200. The summed E-state index contributed by atoms with van der Waals surface area (Å²) in [7, 11) is 0. The van der Waals surface area contributed by atoms with Gasteiger partial charge in [-0.25, -0.2) is 23.4 Å². The number of carbonyl (C=O) groups is 1. The number of allylic oxidation sites excluding steroid dienone is 1. The van der Waals surface area contributed by atoms with E-state index in [9.17, 15) is 13.6 Å². The molecule has 0 spiro atoms. The third kappa shape index (κ3) is 3.32. The lowest BCUT2D eigenvalue weighted by atomic mass is 10.1. The van der Waals surface area contributed by atoms with Crippen molar-refractivity contribution in [2.24, 2.45) is 16.8 Å². The second kappa shape index (κ2) is 7.13. The van der Waals surface area contributed by atoms with Gasteiger partial charge in [0.15, 0.2) is 5.69 Å². The fourth-order valence-corrected chi connectivity index (χ4v) is 5.26. The van der Waals surface area contributed by atoms with E-state index in [4.69, 9.17) is 0 Å². The summed E-state index contributed by atoms with van der Waals surface area (Å²) in [6.07, 6.45) is 5.13. The summed E-state index contributed by atoms with van der Waals surface area (Å²) in [5.41, 5.74) is 5.40. The van der Waals surface area contributed by atoms with Gasteiger partial charge >= 0.3 is 0 Å². The number of piperidine rings is 1. The number of fused-ring (bicyclic) bond motifs is 1. The molecule has 9 nitrogen and oxygen atoms in total. The van der Waals surface area contributed by atoms with Gasteiger partial charge in [0, 0.05) is 36.3 Å². The average molecular weight is 454 g/mol. The van der Waals surface area contributed by atoms with E-state index in [0.717, 1.165) is 29.8 Å². The van der Waals surface area contributed by atoms with Crippen molar-refractivity contribution in [2.75, 3.05) is 24.5 Å². The molecule has 1 N–H and O–H groups in total. The number of hydrogen-bond acceptors (Lipinski definition) is 7. The Kier molecular flexibility index (Phi) is 4.40. The van der Waals surface area contributed by atoms with Gasteiger partial charge in [0.25, 0.3) is 11.8 Å². The predicted octanol–water partition coefficient (Wildman–Crippen LogP) is 1.79. The molecule has 11 heteroatoms. The molecular weight excluding hydrogens is 430 g/mol. The standard InChI is InChI=1S/C22H24F2N8O/c1-11-13(5-26-21(27-11)31-8-16-17(9-31)22(16,23)24)7-32-10-19(29-30-32)20(33)28-18-4-3-14-12(2)25-6-15(14)18/h5,10,16-18H,3-4,6-9H2,1-2H3,(H,28,33)/t16?,17?,18-/m1/s1. The first-order chi connectivity index (χ1) is 15.8. The van der Waals surface area contributed by atoms with Gasteiger partial charge in [-0.2, -0.15) is 0 Å². The molecule has 1 saturated carbocycles. The van der Waals surface area contributed by atoms with Crippen LogP contribution < -0.4 is 10.2 Å². The molecule has 0 bridgehead atoms. The third-order valence-electron chi connectivity index (χ3n) is 7.37. The van der Waals surface area contributed by atoms with Gasteiger partial charge in [-0.15, -0.1) is 5.10 Å². The Morgan fingerprint density at radius 1 is 1.27 bits per heavy atom. The lowest BCUT2D eigenvalue weighted by molar-refractivity contribution is 0.0795. The summed E-state index contributed by atoms with van der Waals surface area (Å²) in [6, 6.07) is -0.00128. The number of alkyl halides is 2. The van der Waals surface area contributed by atoms with Gasteiger partial charge in [-0.1, -0.05) is 5.21 Å². The molecule has 33 heavy (non-hydrogen) atoms. The first kappa shape index (κ1) is 20.4. The molecule has 1 amide bonds. The van der Waals surface area contributed by atoms with Crippen molar-refractivity contribution >= 4 is 17.6 Å². The van der Waals surface area contributed by atoms with Crippen LogP contribution in [0.15, 0.2) is 28.5 Å². The Morgan fingerprint density at radius 3 is 2.82 bits per heavy atom. The molecule has 4 aliphatic rings. The number of amides is 1. The van der Waals surface area contributed by atoms with Crippen LogP contribution in [-0.4, -0.2) is 68.2 Å². The Hall–Kier alpha value is -3.24. The van der Waals surface area contributed by atoms with Crippen LogP contribution in [0.5, 0.6) is 0 Å². The van der Waals surface area contributed by atoms with E-state index in [0.29, 0.717) is 32.1 Å². The number of carbonyl (C=O) groups excluding carboxylic acids is 1. The quantitative estimate of drug-likeness (QED) is 0.739. The van der Waals surface area contributed by atoms with E-state index in [1.54, 1.807) is 17.1 Å². The molecule has 2 aromatic heterocycles. The van der Waals surface area contributed by atoms with Gasteiger partial charge in [0.2, 0.25) is 5.95 Å². The van der Waals surface area contributed by atoms with Crippen LogP contribution in [0.4, 0.5) is 14.7 Å². The van der Waals surface area contributed by atoms with E-state index < -0.39 is 17.8 Å². The van der Waals surface area contributed by atoms with Crippen molar-refractivity contribution < 1.29 is 13.6 Å². The molecule has 0 radical (unpaired) electrons. The molecule has 3 atom stereocenters. The molecule has 2 aliphatic heterocycles. The number of hydrogen-bond donors (Lipinski definition) is 1. The predicted molar refractivity (Wildman–Crippen MR) is 116 cm³/mol. The highest BCUT2D eigenvalue weighted by Crippen LogP contribution is 2.59. The minimum atomic E-state index is -2.52. The van der Waals surface area contributed by atoms with E-state index in [2.05, 4.69) is 30.6 Å². The van der Waals surface area contributed by atoms with Crippen LogP contribution in [0, 0.1) is 18.8 Å². The first-order valence-corrected chi connectivity index (χ1v) is 11.2. The molecule has 1 saturated heterocycles. The second-order valence-electron chi connectivity index (χ2n) is 9.34. The molecule has 2 aliphatic carbocycles. The van der Waals surface area contributed by atoms with Crippen molar-refractivity contribution in [1.29, 1.82) is 0 Å². The number of halogens is 2. The highest BCUT2D eigenvalue weighted by atomic mass is 19.3. The second-order valence-corrected chi connectivity index (χ2v) is 9.34. The van der Waals surface area contributed by atoms with Crippen LogP contribution >= 0.6 is 0 Å². The van der Waals surface area contributed by atoms with Crippen molar-refractivity contribution in [2.45, 2.75) is 45.2 Å². The first-order valence-electron chi connectivity index (χ1n) is 11.2. The van der Waals surface area contributed by atoms with Gasteiger partial charge in [0.1, 0.15) is 0 Å². The van der Waals surface area contributed by atoms with Gasteiger partial charge in [-0.3, -0.25) is 9.79 Å². The van der Waals surface area contributed by atoms with Crippen molar-refractivity contribution in [3.05, 3.63) is 40.5 Å². The maximum absolute atomic E-state index is 13.4. The largest absolute Gasteiger partial charge is 0.344 e. The number of nitrogens with one attached hydrogen (secondary N) is 1. The summed E-state index contributed by atoms with van der Waals surface area (Å²) in [4.78, 5) is 27.9. The summed E-state index contributed by atoms with van der Waals surface area (Å²) in [5, 5.41) is 11.2. The van der Waals surface area contributed by atoms with E-state index in [-0.39, 0.29) is 17.6 Å². The summed E-state index contributed by atoms with van der Waals surface area (Å²) in [6.45, 7) is 5.48. The Morgan fingerprint density at radius 2 is 2.06 bits per heavy atom. The monoisotopic (exact) mass is 454 g/mol. The number of aliphatic imine (C=N–C) groups is 1. The molecule has 172 valence electrons. The maximum atomic E-state index is 13.4. The fourth-order valence-electron chi connectivity index (χ4n) is 5.26. The van der Waals surface area contributed by atoms with Gasteiger partial charge in [-0.05, 0) is 37.8 Å². The Balaban J connectivity index is 1.09. The summed E-state index contributed by atoms with van der Waals surface area (Å²) < 4.78 is 28.5. The van der Waals surface area contributed by atoms with E-state index in [1.165, 1.54) is 11.1 Å². The zero-order valence-electron chi connectivity index (χ0n) is 18.4. The minimum Gasteiger partial charge on any atom is -0.344 e.